The smallest absolute Gasteiger partial charge is 0.119 e. The van der Waals surface area contributed by atoms with Crippen LogP contribution in [0.4, 0.5) is 0 Å². The molecule has 0 aliphatic heterocycles. The van der Waals surface area contributed by atoms with Gasteiger partial charge < -0.3 is 9.72 Å². The van der Waals surface area contributed by atoms with Crippen LogP contribution in [0.15, 0.2) is 35.1 Å². The molecule has 0 fully saturated rings. The number of benzene rings is 1. The number of halogens is 1. The van der Waals surface area contributed by atoms with Crippen molar-refractivity contribution in [3.63, 3.8) is 0 Å². The Morgan fingerprint density at radius 1 is 1.47 bits per heavy atom. The molecule has 4 heteroatoms. The van der Waals surface area contributed by atoms with E-state index in [1.54, 1.807) is 13.3 Å². The number of hydrogen-bond acceptors (Lipinski definition) is 2. The van der Waals surface area contributed by atoms with Crippen LogP contribution in [0.3, 0.4) is 0 Å². The largest absolute Gasteiger partial charge is 0.497 e. The van der Waals surface area contributed by atoms with E-state index in [0.29, 0.717) is 0 Å². The molecular formula is C11H11BrN2O. The summed E-state index contributed by atoms with van der Waals surface area (Å²) in [6.45, 7) is 0. The van der Waals surface area contributed by atoms with Crippen LogP contribution in [0, 0.1) is 0 Å². The highest BCUT2D eigenvalue weighted by atomic mass is 79.9. The Hall–Kier alpha value is -1.29. The molecule has 0 amide bonds. The van der Waals surface area contributed by atoms with E-state index in [4.69, 9.17) is 4.74 Å². The number of ether oxygens (including phenoxy) is 1. The highest BCUT2D eigenvalue weighted by molar-refractivity contribution is 9.10. The summed E-state index contributed by atoms with van der Waals surface area (Å²) in [4.78, 5) is 7.27. The number of hydrogen-bond donors (Lipinski definition) is 1. The van der Waals surface area contributed by atoms with Crippen molar-refractivity contribution >= 4 is 15.9 Å². The summed E-state index contributed by atoms with van der Waals surface area (Å²) in [5.41, 5.74) is 1.16. The molecule has 0 saturated heterocycles. The Labute approximate surface area is 96.6 Å². The predicted molar refractivity (Wildman–Crippen MR) is 62.1 cm³/mol. The molecule has 0 aliphatic rings. The van der Waals surface area contributed by atoms with Gasteiger partial charge in [0.15, 0.2) is 0 Å². The quantitative estimate of drug-likeness (QED) is 0.928. The fourth-order valence-corrected chi connectivity index (χ4v) is 1.78. The Morgan fingerprint density at radius 2 is 2.33 bits per heavy atom. The third kappa shape index (κ3) is 2.39. The lowest BCUT2D eigenvalue weighted by molar-refractivity contribution is 0.414. The van der Waals surface area contributed by atoms with Crippen molar-refractivity contribution in [2.75, 3.05) is 7.11 Å². The number of nitrogens with one attached hydrogen (secondary N) is 1. The molecule has 0 atom stereocenters. The van der Waals surface area contributed by atoms with Gasteiger partial charge in [0.1, 0.15) is 11.6 Å². The van der Waals surface area contributed by atoms with Gasteiger partial charge in [-0.05, 0) is 23.8 Å². The first-order chi connectivity index (χ1) is 7.29. The third-order valence-corrected chi connectivity index (χ3v) is 2.94. The van der Waals surface area contributed by atoms with Crippen molar-refractivity contribution in [2.24, 2.45) is 0 Å². The number of nitrogens with zero attached hydrogens (tertiary/aromatic N) is 1. The van der Waals surface area contributed by atoms with Crippen molar-refractivity contribution in [2.45, 2.75) is 6.42 Å². The predicted octanol–water partition coefficient (Wildman–Crippen LogP) is 2.77. The Kier molecular flexibility index (Phi) is 3.06. The highest BCUT2D eigenvalue weighted by Crippen LogP contribution is 2.23. The maximum atomic E-state index is 5.18. The van der Waals surface area contributed by atoms with Crippen molar-refractivity contribution in [1.82, 2.24) is 9.97 Å². The number of aromatic nitrogens is 2. The topological polar surface area (TPSA) is 37.9 Å². The average Bonchev–Trinajstić information content (AvgIpc) is 2.74. The van der Waals surface area contributed by atoms with Crippen molar-refractivity contribution < 1.29 is 4.74 Å². The molecule has 0 aliphatic carbocycles. The number of imidazole rings is 1. The summed E-state index contributed by atoms with van der Waals surface area (Å²) in [6, 6.07) is 5.92. The van der Waals surface area contributed by atoms with E-state index in [9.17, 15) is 0 Å². The minimum absolute atomic E-state index is 0.769. The standard InChI is InChI=1S/C11H11BrN2O/c1-15-9-2-3-10(12)8(6-9)7-11-13-4-5-14-11/h2-6H,7H2,1H3,(H,13,14). The van der Waals surface area contributed by atoms with E-state index < -0.39 is 0 Å². The first-order valence-corrected chi connectivity index (χ1v) is 5.39. The third-order valence-electron chi connectivity index (χ3n) is 2.17. The van der Waals surface area contributed by atoms with Gasteiger partial charge in [0.05, 0.1) is 7.11 Å². The summed E-state index contributed by atoms with van der Waals surface area (Å²) < 4.78 is 6.25. The summed E-state index contributed by atoms with van der Waals surface area (Å²) >= 11 is 3.51. The van der Waals surface area contributed by atoms with Crippen LogP contribution in [-0.4, -0.2) is 17.1 Å². The van der Waals surface area contributed by atoms with E-state index in [2.05, 4.69) is 25.9 Å². The second kappa shape index (κ2) is 4.49. The van der Waals surface area contributed by atoms with E-state index in [1.165, 1.54) is 0 Å². The monoisotopic (exact) mass is 266 g/mol. The zero-order valence-corrected chi connectivity index (χ0v) is 9.91. The van der Waals surface area contributed by atoms with Gasteiger partial charge in [-0.2, -0.15) is 0 Å². The van der Waals surface area contributed by atoms with E-state index in [1.807, 2.05) is 24.4 Å². The molecule has 0 unspecified atom stereocenters. The number of rotatable bonds is 3. The van der Waals surface area contributed by atoms with Crippen LogP contribution < -0.4 is 4.74 Å². The number of aromatic amines is 1. The second-order valence-electron chi connectivity index (χ2n) is 3.17. The zero-order chi connectivity index (χ0) is 10.7. The minimum atomic E-state index is 0.769. The molecular weight excluding hydrogens is 256 g/mol. The molecule has 1 heterocycles. The second-order valence-corrected chi connectivity index (χ2v) is 4.02. The number of H-pyrrole nitrogens is 1. The molecule has 2 rings (SSSR count). The summed E-state index contributed by atoms with van der Waals surface area (Å²) in [5.74, 6) is 1.81. The molecule has 0 bridgehead atoms. The van der Waals surface area contributed by atoms with E-state index >= 15 is 0 Å². The lowest BCUT2D eigenvalue weighted by Crippen LogP contribution is -1.93. The fourth-order valence-electron chi connectivity index (χ4n) is 1.39. The van der Waals surface area contributed by atoms with Gasteiger partial charge in [0, 0.05) is 23.3 Å². The Bertz CT molecular complexity index is 440. The molecule has 3 nitrogen and oxygen atoms in total. The molecule has 2 aromatic rings. The molecule has 1 N–H and O–H groups in total. The van der Waals surface area contributed by atoms with Gasteiger partial charge in [0.2, 0.25) is 0 Å². The Balaban J connectivity index is 2.27. The van der Waals surface area contributed by atoms with Crippen molar-refractivity contribution in [1.29, 1.82) is 0 Å². The zero-order valence-electron chi connectivity index (χ0n) is 8.33. The lowest BCUT2D eigenvalue weighted by Gasteiger charge is -2.05. The van der Waals surface area contributed by atoms with Crippen LogP contribution in [0.5, 0.6) is 5.75 Å². The normalized spacial score (nSPS) is 10.3. The molecule has 78 valence electrons. The van der Waals surface area contributed by atoms with Gasteiger partial charge >= 0.3 is 0 Å². The van der Waals surface area contributed by atoms with Crippen LogP contribution in [0.25, 0.3) is 0 Å². The molecule has 1 aromatic carbocycles. The van der Waals surface area contributed by atoms with Crippen LogP contribution >= 0.6 is 15.9 Å². The van der Waals surface area contributed by atoms with Crippen LogP contribution in [0.2, 0.25) is 0 Å². The van der Waals surface area contributed by atoms with Gasteiger partial charge in [-0.15, -0.1) is 0 Å². The van der Waals surface area contributed by atoms with Gasteiger partial charge in [-0.1, -0.05) is 15.9 Å². The van der Waals surface area contributed by atoms with Gasteiger partial charge in [0.25, 0.3) is 0 Å². The molecule has 0 spiro atoms. The number of methoxy groups -OCH3 is 1. The fraction of sp³-hybridized carbons (Fsp3) is 0.182. The molecule has 0 saturated carbocycles. The summed E-state index contributed by atoms with van der Waals surface area (Å²) in [5, 5.41) is 0. The first-order valence-electron chi connectivity index (χ1n) is 4.60. The van der Waals surface area contributed by atoms with Gasteiger partial charge in [-0.3, -0.25) is 0 Å². The van der Waals surface area contributed by atoms with Crippen LogP contribution in [0.1, 0.15) is 11.4 Å². The highest BCUT2D eigenvalue weighted by Gasteiger charge is 2.04. The average molecular weight is 267 g/mol. The van der Waals surface area contributed by atoms with Crippen molar-refractivity contribution in [3.05, 3.63) is 46.5 Å². The maximum Gasteiger partial charge on any atom is 0.119 e. The summed E-state index contributed by atoms with van der Waals surface area (Å²) in [7, 11) is 1.67. The maximum absolute atomic E-state index is 5.18. The van der Waals surface area contributed by atoms with E-state index in [0.717, 1.165) is 28.0 Å². The van der Waals surface area contributed by atoms with Crippen molar-refractivity contribution in [3.8, 4) is 5.75 Å². The lowest BCUT2D eigenvalue weighted by atomic mass is 10.1. The van der Waals surface area contributed by atoms with E-state index in [-0.39, 0.29) is 0 Å². The molecule has 1 aromatic heterocycles. The Morgan fingerprint density at radius 3 is 3.00 bits per heavy atom. The first kappa shape index (κ1) is 10.2. The summed E-state index contributed by atoms with van der Waals surface area (Å²) in [6.07, 6.45) is 4.34. The SMILES string of the molecule is COc1ccc(Br)c(Cc2ncc[nH]2)c1. The minimum Gasteiger partial charge on any atom is -0.497 e. The molecule has 0 radical (unpaired) electrons. The van der Waals surface area contributed by atoms with Gasteiger partial charge in [-0.25, -0.2) is 4.98 Å². The molecule has 15 heavy (non-hydrogen) atoms. The van der Waals surface area contributed by atoms with Crippen LogP contribution in [-0.2, 0) is 6.42 Å².